The molecule has 0 bridgehead atoms. The highest BCUT2D eigenvalue weighted by Gasteiger charge is 2.19. The SMILES string of the molecule is CC(NC(=O)c1ccc(C(C)(C)C)cc1)C(=O)NCCCN1CCCCCC1=O. The molecule has 1 saturated heterocycles. The largest absolute Gasteiger partial charge is 0.354 e. The lowest BCUT2D eigenvalue weighted by Gasteiger charge is -2.21. The fraction of sp³-hybridized carbons (Fsp3) is 0.609. The number of nitrogens with one attached hydrogen (secondary N) is 2. The Morgan fingerprint density at radius 3 is 2.45 bits per heavy atom. The molecule has 29 heavy (non-hydrogen) atoms. The molecule has 2 N–H and O–H groups in total. The van der Waals surface area contributed by atoms with Crippen LogP contribution in [0.5, 0.6) is 0 Å². The van der Waals surface area contributed by atoms with Gasteiger partial charge in [-0.3, -0.25) is 14.4 Å². The number of likely N-dealkylation sites (tertiary alicyclic amines) is 1. The van der Waals surface area contributed by atoms with Gasteiger partial charge in [-0.25, -0.2) is 0 Å². The third kappa shape index (κ3) is 7.18. The summed E-state index contributed by atoms with van der Waals surface area (Å²) in [6, 6.07) is 6.86. The summed E-state index contributed by atoms with van der Waals surface area (Å²) in [6.45, 7) is 10.0. The molecule has 0 aromatic heterocycles. The topological polar surface area (TPSA) is 78.5 Å². The first-order valence-corrected chi connectivity index (χ1v) is 10.7. The van der Waals surface area contributed by atoms with Crippen LogP contribution in [0, 0.1) is 0 Å². The molecule has 6 nitrogen and oxygen atoms in total. The molecule has 160 valence electrons. The number of hydrogen-bond donors (Lipinski definition) is 2. The number of hydrogen-bond acceptors (Lipinski definition) is 3. The van der Waals surface area contributed by atoms with Gasteiger partial charge in [0.2, 0.25) is 11.8 Å². The van der Waals surface area contributed by atoms with Gasteiger partial charge in [0.15, 0.2) is 0 Å². The number of rotatable bonds is 7. The van der Waals surface area contributed by atoms with Crippen LogP contribution >= 0.6 is 0 Å². The van der Waals surface area contributed by atoms with Gasteiger partial charge in [0.05, 0.1) is 0 Å². The summed E-state index contributed by atoms with van der Waals surface area (Å²) in [5.74, 6) is -0.262. The third-order valence-electron chi connectivity index (χ3n) is 5.33. The second-order valence-corrected chi connectivity index (χ2v) is 8.86. The highest BCUT2D eigenvalue weighted by molar-refractivity contribution is 5.97. The van der Waals surface area contributed by atoms with E-state index in [2.05, 4.69) is 31.4 Å². The van der Waals surface area contributed by atoms with E-state index < -0.39 is 6.04 Å². The van der Waals surface area contributed by atoms with Crippen LogP contribution in [-0.4, -0.2) is 48.3 Å². The molecule has 0 spiro atoms. The van der Waals surface area contributed by atoms with Crippen molar-refractivity contribution < 1.29 is 14.4 Å². The zero-order chi connectivity index (χ0) is 21.4. The summed E-state index contributed by atoms with van der Waals surface area (Å²) in [5, 5.41) is 5.59. The fourth-order valence-corrected chi connectivity index (χ4v) is 3.38. The Morgan fingerprint density at radius 1 is 1.10 bits per heavy atom. The molecule has 3 amide bonds. The van der Waals surface area contributed by atoms with Gasteiger partial charge in [-0.1, -0.05) is 39.3 Å². The normalized spacial score (nSPS) is 16.1. The average Bonchev–Trinajstić information content (AvgIpc) is 2.88. The van der Waals surface area contributed by atoms with E-state index in [1.54, 1.807) is 19.1 Å². The molecule has 1 fully saturated rings. The van der Waals surface area contributed by atoms with Crippen molar-refractivity contribution in [2.45, 2.75) is 71.3 Å². The van der Waals surface area contributed by atoms with E-state index in [1.807, 2.05) is 17.0 Å². The van der Waals surface area contributed by atoms with Crippen LogP contribution in [0.25, 0.3) is 0 Å². The molecule has 0 aliphatic carbocycles. The Morgan fingerprint density at radius 2 is 1.79 bits per heavy atom. The minimum Gasteiger partial charge on any atom is -0.354 e. The van der Waals surface area contributed by atoms with E-state index in [4.69, 9.17) is 0 Å². The smallest absolute Gasteiger partial charge is 0.251 e. The number of carbonyl (C=O) groups excluding carboxylic acids is 3. The third-order valence-corrected chi connectivity index (χ3v) is 5.33. The van der Waals surface area contributed by atoms with Crippen molar-refractivity contribution in [3.05, 3.63) is 35.4 Å². The molecular weight excluding hydrogens is 366 g/mol. The van der Waals surface area contributed by atoms with Crippen molar-refractivity contribution >= 4 is 17.7 Å². The van der Waals surface area contributed by atoms with E-state index >= 15 is 0 Å². The zero-order valence-corrected chi connectivity index (χ0v) is 18.2. The zero-order valence-electron chi connectivity index (χ0n) is 18.2. The molecular formula is C23H35N3O3. The predicted octanol–water partition coefficient (Wildman–Crippen LogP) is 3.01. The highest BCUT2D eigenvalue weighted by atomic mass is 16.2. The molecule has 1 aliphatic rings. The lowest BCUT2D eigenvalue weighted by Crippen LogP contribution is -2.45. The Hall–Kier alpha value is -2.37. The maximum atomic E-state index is 12.4. The van der Waals surface area contributed by atoms with Gasteiger partial charge in [0.25, 0.3) is 5.91 Å². The summed E-state index contributed by atoms with van der Waals surface area (Å²) in [4.78, 5) is 38.5. The molecule has 6 heteroatoms. The van der Waals surface area contributed by atoms with E-state index in [0.717, 1.165) is 31.4 Å². The maximum absolute atomic E-state index is 12.4. The number of benzene rings is 1. The van der Waals surface area contributed by atoms with Crippen molar-refractivity contribution in [1.82, 2.24) is 15.5 Å². The summed E-state index contributed by atoms with van der Waals surface area (Å²) in [5.41, 5.74) is 1.72. The van der Waals surface area contributed by atoms with Gasteiger partial charge < -0.3 is 15.5 Å². The maximum Gasteiger partial charge on any atom is 0.251 e. The van der Waals surface area contributed by atoms with Crippen molar-refractivity contribution in [3.63, 3.8) is 0 Å². The highest BCUT2D eigenvalue weighted by Crippen LogP contribution is 2.22. The van der Waals surface area contributed by atoms with Crippen LogP contribution in [0.3, 0.4) is 0 Å². The van der Waals surface area contributed by atoms with Crippen molar-refractivity contribution in [2.75, 3.05) is 19.6 Å². The van der Waals surface area contributed by atoms with Crippen LogP contribution in [0.2, 0.25) is 0 Å². The Bertz CT molecular complexity index is 707. The van der Waals surface area contributed by atoms with E-state index in [-0.39, 0.29) is 23.1 Å². The van der Waals surface area contributed by atoms with Gasteiger partial charge in [-0.05, 0) is 49.3 Å². The molecule has 0 radical (unpaired) electrons. The van der Waals surface area contributed by atoms with Gasteiger partial charge >= 0.3 is 0 Å². The van der Waals surface area contributed by atoms with Crippen LogP contribution in [0.15, 0.2) is 24.3 Å². The fourth-order valence-electron chi connectivity index (χ4n) is 3.38. The second kappa shape index (κ2) is 10.4. The average molecular weight is 402 g/mol. The molecule has 0 saturated carbocycles. The molecule has 1 aliphatic heterocycles. The Kier molecular flexibility index (Phi) is 8.23. The quantitative estimate of drug-likeness (QED) is 0.690. The van der Waals surface area contributed by atoms with Crippen LogP contribution in [-0.2, 0) is 15.0 Å². The number of nitrogens with zero attached hydrogens (tertiary/aromatic N) is 1. The first-order valence-electron chi connectivity index (χ1n) is 10.7. The van der Waals surface area contributed by atoms with Crippen molar-refractivity contribution in [3.8, 4) is 0 Å². The summed E-state index contributed by atoms with van der Waals surface area (Å²) in [7, 11) is 0. The van der Waals surface area contributed by atoms with Gasteiger partial charge in [0, 0.05) is 31.6 Å². The summed E-state index contributed by atoms with van der Waals surface area (Å²) >= 11 is 0. The number of carbonyl (C=O) groups is 3. The molecule has 1 aromatic rings. The standard InChI is InChI=1S/C23H35N3O3/c1-17(25-22(29)18-10-12-19(13-11-18)23(2,3)4)21(28)24-14-8-16-26-15-7-5-6-9-20(26)27/h10-13,17H,5-9,14-16H2,1-4H3,(H,24,28)(H,25,29). The second-order valence-electron chi connectivity index (χ2n) is 8.86. The van der Waals surface area contributed by atoms with Crippen molar-refractivity contribution in [2.24, 2.45) is 0 Å². The van der Waals surface area contributed by atoms with Crippen LogP contribution in [0.4, 0.5) is 0 Å². The molecule has 1 unspecified atom stereocenters. The molecule has 2 rings (SSSR count). The lowest BCUT2D eigenvalue weighted by molar-refractivity contribution is -0.130. The monoisotopic (exact) mass is 401 g/mol. The van der Waals surface area contributed by atoms with E-state index in [0.29, 0.717) is 31.5 Å². The lowest BCUT2D eigenvalue weighted by atomic mass is 9.86. The van der Waals surface area contributed by atoms with Crippen molar-refractivity contribution in [1.29, 1.82) is 0 Å². The van der Waals surface area contributed by atoms with Gasteiger partial charge in [0.1, 0.15) is 6.04 Å². The summed E-state index contributed by atoms with van der Waals surface area (Å²) < 4.78 is 0. The van der Waals surface area contributed by atoms with Gasteiger partial charge in [-0.2, -0.15) is 0 Å². The number of amides is 3. The van der Waals surface area contributed by atoms with E-state index in [1.165, 1.54) is 0 Å². The first kappa shape index (κ1) is 22.9. The molecule has 1 atom stereocenters. The van der Waals surface area contributed by atoms with Crippen LogP contribution in [0.1, 0.15) is 75.7 Å². The van der Waals surface area contributed by atoms with Crippen LogP contribution < -0.4 is 10.6 Å². The molecule has 1 aromatic carbocycles. The first-order chi connectivity index (χ1) is 13.7. The minimum atomic E-state index is -0.621. The Balaban J connectivity index is 1.74. The van der Waals surface area contributed by atoms with Gasteiger partial charge in [-0.15, -0.1) is 0 Å². The minimum absolute atomic E-state index is 0.0279. The predicted molar refractivity (Wildman–Crippen MR) is 115 cm³/mol. The molecule has 1 heterocycles. The Labute approximate surface area is 174 Å². The van der Waals surface area contributed by atoms with E-state index in [9.17, 15) is 14.4 Å². The summed E-state index contributed by atoms with van der Waals surface area (Å²) in [6.07, 6.45) is 4.48.